The van der Waals surface area contributed by atoms with Gasteiger partial charge in [-0.05, 0) is 19.8 Å². The van der Waals surface area contributed by atoms with Crippen LogP contribution < -0.4 is 0 Å². The molecule has 0 unspecified atom stereocenters. The van der Waals surface area contributed by atoms with E-state index < -0.39 is 5.92 Å². The fourth-order valence-corrected chi connectivity index (χ4v) is 1.21. The van der Waals surface area contributed by atoms with Gasteiger partial charge in [-0.1, -0.05) is 19.3 Å². The molecule has 0 spiro atoms. The number of hydrogen-bond acceptors (Lipinski definition) is 1. The van der Waals surface area contributed by atoms with Crippen molar-refractivity contribution in [3.63, 3.8) is 0 Å². The molecule has 0 rings (SSSR count). The Bertz CT molecular complexity index is 110. The van der Waals surface area contributed by atoms with E-state index in [0.717, 1.165) is 39.2 Å². The second kappa shape index (κ2) is 7.25. The van der Waals surface area contributed by atoms with Gasteiger partial charge >= 0.3 is 0 Å². The summed E-state index contributed by atoms with van der Waals surface area (Å²) in [4.78, 5) is 0. The predicted octanol–water partition coefficient (Wildman–Crippen LogP) is 3.63. The van der Waals surface area contributed by atoms with Crippen molar-refractivity contribution in [2.24, 2.45) is 0 Å². The Morgan fingerprint density at radius 2 is 1.54 bits per heavy atom. The lowest BCUT2D eigenvalue weighted by Gasteiger charge is -2.08. The molecule has 80 valence electrons. The van der Waals surface area contributed by atoms with E-state index in [9.17, 15) is 8.78 Å². The standard InChI is InChI=1S/C10H20F2O/c1-10(11,12)8-6-4-3-5-7-9-13-2/h3-9H2,1-2H3. The third-order valence-electron chi connectivity index (χ3n) is 1.96. The topological polar surface area (TPSA) is 9.23 Å². The van der Waals surface area contributed by atoms with Crippen molar-refractivity contribution in [3.8, 4) is 0 Å². The Kier molecular flexibility index (Phi) is 7.14. The molecule has 13 heavy (non-hydrogen) atoms. The maximum absolute atomic E-state index is 12.3. The predicted molar refractivity (Wildman–Crippen MR) is 50.2 cm³/mol. The van der Waals surface area contributed by atoms with E-state index in [2.05, 4.69) is 0 Å². The van der Waals surface area contributed by atoms with Crippen LogP contribution >= 0.6 is 0 Å². The monoisotopic (exact) mass is 194 g/mol. The first kappa shape index (κ1) is 12.8. The van der Waals surface area contributed by atoms with Gasteiger partial charge in [0.25, 0.3) is 0 Å². The highest BCUT2D eigenvalue weighted by Crippen LogP contribution is 2.20. The van der Waals surface area contributed by atoms with Gasteiger partial charge in [-0.3, -0.25) is 0 Å². The molecule has 0 aliphatic heterocycles. The van der Waals surface area contributed by atoms with Gasteiger partial charge in [-0.2, -0.15) is 0 Å². The first-order valence-corrected chi connectivity index (χ1v) is 4.93. The SMILES string of the molecule is COCCCCCCCC(C)(F)F. The van der Waals surface area contributed by atoms with Crippen LogP contribution in [0, 0.1) is 0 Å². The number of methoxy groups -OCH3 is 1. The molecule has 0 aliphatic rings. The minimum absolute atomic E-state index is 0.0251. The zero-order valence-corrected chi connectivity index (χ0v) is 8.61. The van der Waals surface area contributed by atoms with E-state index >= 15 is 0 Å². The normalized spacial score (nSPS) is 12.0. The summed E-state index contributed by atoms with van der Waals surface area (Å²) < 4.78 is 29.5. The van der Waals surface area contributed by atoms with Gasteiger partial charge in [0.15, 0.2) is 0 Å². The molecule has 0 atom stereocenters. The summed E-state index contributed by atoms with van der Waals surface area (Å²) in [6, 6.07) is 0. The van der Waals surface area contributed by atoms with Gasteiger partial charge in [0, 0.05) is 20.1 Å². The van der Waals surface area contributed by atoms with Crippen LogP contribution in [0.25, 0.3) is 0 Å². The summed E-state index contributed by atoms with van der Waals surface area (Å²) in [5.41, 5.74) is 0. The number of hydrogen-bond donors (Lipinski definition) is 0. The first-order valence-electron chi connectivity index (χ1n) is 4.93. The number of ether oxygens (including phenoxy) is 1. The second-order valence-corrected chi connectivity index (χ2v) is 3.58. The van der Waals surface area contributed by atoms with Gasteiger partial charge in [-0.25, -0.2) is 8.78 Å². The van der Waals surface area contributed by atoms with E-state index in [-0.39, 0.29) is 6.42 Å². The Balaban J connectivity index is 3.00. The molecule has 3 heteroatoms. The van der Waals surface area contributed by atoms with Crippen LogP contribution in [0.1, 0.15) is 45.4 Å². The van der Waals surface area contributed by atoms with E-state index in [1.54, 1.807) is 7.11 Å². The zero-order chi connectivity index (χ0) is 10.2. The average Bonchev–Trinajstić information content (AvgIpc) is 2.01. The lowest BCUT2D eigenvalue weighted by molar-refractivity contribution is 0.0103. The molecule has 0 saturated heterocycles. The largest absolute Gasteiger partial charge is 0.385 e. The van der Waals surface area contributed by atoms with Crippen LogP contribution in [-0.4, -0.2) is 19.6 Å². The Labute approximate surface area is 79.5 Å². The number of halogens is 2. The molecule has 0 N–H and O–H groups in total. The summed E-state index contributed by atoms with van der Waals surface area (Å²) >= 11 is 0. The van der Waals surface area contributed by atoms with E-state index in [0.29, 0.717) is 6.42 Å². The number of rotatable bonds is 8. The third kappa shape index (κ3) is 11.8. The van der Waals surface area contributed by atoms with E-state index in [1.807, 2.05) is 0 Å². The van der Waals surface area contributed by atoms with Gasteiger partial charge in [0.1, 0.15) is 0 Å². The minimum Gasteiger partial charge on any atom is -0.385 e. The number of unbranched alkanes of at least 4 members (excludes halogenated alkanes) is 4. The summed E-state index contributed by atoms with van der Waals surface area (Å²) in [5, 5.41) is 0. The van der Waals surface area contributed by atoms with Crippen molar-refractivity contribution < 1.29 is 13.5 Å². The highest BCUT2D eigenvalue weighted by atomic mass is 19.3. The van der Waals surface area contributed by atoms with Gasteiger partial charge in [0.2, 0.25) is 5.92 Å². The van der Waals surface area contributed by atoms with Crippen molar-refractivity contribution in [2.75, 3.05) is 13.7 Å². The molecular formula is C10H20F2O. The summed E-state index contributed by atoms with van der Waals surface area (Å²) in [6.45, 7) is 1.77. The highest BCUT2D eigenvalue weighted by molar-refractivity contribution is 4.57. The van der Waals surface area contributed by atoms with Gasteiger partial charge in [-0.15, -0.1) is 0 Å². The molecule has 0 radical (unpaired) electrons. The molecule has 0 aliphatic carbocycles. The molecule has 0 aromatic rings. The Morgan fingerprint density at radius 3 is 2.08 bits per heavy atom. The van der Waals surface area contributed by atoms with E-state index in [1.165, 1.54) is 0 Å². The van der Waals surface area contributed by atoms with Crippen molar-refractivity contribution >= 4 is 0 Å². The lowest BCUT2D eigenvalue weighted by atomic mass is 10.1. The fraction of sp³-hybridized carbons (Fsp3) is 1.00. The third-order valence-corrected chi connectivity index (χ3v) is 1.96. The minimum atomic E-state index is -2.48. The fourth-order valence-electron chi connectivity index (χ4n) is 1.21. The van der Waals surface area contributed by atoms with Gasteiger partial charge in [0.05, 0.1) is 0 Å². The lowest BCUT2D eigenvalue weighted by Crippen LogP contribution is -2.08. The molecule has 0 amide bonds. The van der Waals surface area contributed by atoms with Crippen LogP contribution in [0.3, 0.4) is 0 Å². The Morgan fingerprint density at radius 1 is 1.00 bits per heavy atom. The Hall–Kier alpha value is -0.180. The maximum Gasteiger partial charge on any atom is 0.245 e. The summed E-state index contributed by atoms with van der Waals surface area (Å²) in [6.07, 6.45) is 4.74. The van der Waals surface area contributed by atoms with Crippen LogP contribution in [0.5, 0.6) is 0 Å². The van der Waals surface area contributed by atoms with Crippen molar-refractivity contribution in [3.05, 3.63) is 0 Å². The van der Waals surface area contributed by atoms with Crippen molar-refractivity contribution in [1.29, 1.82) is 0 Å². The average molecular weight is 194 g/mol. The summed E-state index contributed by atoms with van der Waals surface area (Å²) in [5.74, 6) is -2.48. The molecule has 0 heterocycles. The molecule has 0 saturated carbocycles. The van der Waals surface area contributed by atoms with E-state index in [4.69, 9.17) is 4.74 Å². The second-order valence-electron chi connectivity index (χ2n) is 3.58. The molecular weight excluding hydrogens is 174 g/mol. The van der Waals surface area contributed by atoms with Gasteiger partial charge < -0.3 is 4.74 Å². The van der Waals surface area contributed by atoms with Crippen LogP contribution in [0.2, 0.25) is 0 Å². The quantitative estimate of drug-likeness (QED) is 0.536. The van der Waals surface area contributed by atoms with Crippen LogP contribution in [0.15, 0.2) is 0 Å². The smallest absolute Gasteiger partial charge is 0.245 e. The molecule has 0 aromatic carbocycles. The van der Waals surface area contributed by atoms with Crippen molar-refractivity contribution in [1.82, 2.24) is 0 Å². The van der Waals surface area contributed by atoms with Crippen molar-refractivity contribution in [2.45, 2.75) is 51.4 Å². The molecule has 0 aromatic heterocycles. The van der Waals surface area contributed by atoms with Crippen LogP contribution in [-0.2, 0) is 4.74 Å². The maximum atomic E-state index is 12.3. The van der Waals surface area contributed by atoms with Crippen LogP contribution in [0.4, 0.5) is 8.78 Å². The molecule has 1 nitrogen and oxygen atoms in total. The first-order chi connectivity index (χ1) is 6.06. The highest BCUT2D eigenvalue weighted by Gasteiger charge is 2.19. The summed E-state index contributed by atoms with van der Waals surface area (Å²) in [7, 11) is 1.68. The number of alkyl halides is 2. The molecule has 0 fully saturated rings. The zero-order valence-electron chi connectivity index (χ0n) is 8.61. The molecule has 0 bridgehead atoms.